The second-order valence-electron chi connectivity index (χ2n) is 12.2. The number of benzene rings is 1. The monoisotopic (exact) mass is 597 g/mol. The highest BCUT2D eigenvalue weighted by Crippen LogP contribution is 2.44. The quantitative estimate of drug-likeness (QED) is 0.249. The van der Waals surface area contributed by atoms with Crippen LogP contribution in [0, 0.1) is 11.3 Å². The molecule has 0 unspecified atom stereocenters. The summed E-state index contributed by atoms with van der Waals surface area (Å²) in [6.07, 6.45) is 7.57. The van der Waals surface area contributed by atoms with Crippen LogP contribution in [-0.4, -0.2) is 60.7 Å². The molecule has 3 aromatic heterocycles. The first-order valence-corrected chi connectivity index (χ1v) is 14.8. The zero-order chi connectivity index (χ0) is 31.0. The number of nitrogens with two attached hydrogens (primary N) is 1. The molecule has 2 amide bonds. The summed E-state index contributed by atoms with van der Waals surface area (Å²) in [6, 6.07) is 12.7. The van der Waals surface area contributed by atoms with Crippen molar-refractivity contribution >= 4 is 17.3 Å². The number of para-hydroxylation sites is 1. The van der Waals surface area contributed by atoms with Crippen LogP contribution in [0.3, 0.4) is 0 Å². The molecule has 0 saturated heterocycles. The number of aromatic nitrogens is 4. The van der Waals surface area contributed by atoms with Gasteiger partial charge in [-0.05, 0) is 76.6 Å². The highest BCUT2D eigenvalue weighted by Gasteiger charge is 2.32. The first kappa shape index (κ1) is 29.2. The maximum Gasteiger partial charge on any atom is 0.255 e. The van der Waals surface area contributed by atoms with Crippen molar-refractivity contribution in [1.82, 2.24) is 24.7 Å². The smallest absolute Gasteiger partial charge is 0.255 e. The first-order valence-electron chi connectivity index (χ1n) is 14.8. The lowest BCUT2D eigenvalue weighted by molar-refractivity contribution is 0.0279. The molecule has 12 nitrogen and oxygen atoms in total. The minimum atomic E-state index is -0.967. The summed E-state index contributed by atoms with van der Waals surface area (Å²) in [6.45, 7) is 3.55. The van der Waals surface area contributed by atoms with Crippen molar-refractivity contribution < 1.29 is 24.2 Å². The molecule has 4 aromatic rings. The summed E-state index contributed by atoms with van der Waals surface area (Å²) >= 11 is 0. The number of carbonyl (C=O) groups excluding carboxylic acids is 2. The molecular weight excluding hydrogens is 562 g/mol. The van der Waals surface area contributed by atoms with E-state index in [-0.39, 0.29) is 36.1 Å². The van der Waals surface area contributed by atoms with E-state index in [1.165, 1.54) is 10.9 Å². The average Bonchev–Trinajstić information content (AvgIpc) is 3.60. The maximum atomic E-state index is 13.4. The standard InChI is InChI=1S/C32H35N7O5/c1-32(2,42)18-43-27-14-13-26-23(16-35-39(26)28(27)19-7-8-19)30(41)36-21-9-11-22(12-10-21)44-31-24(29(34)40)17-38(37-31)25-6-4-3-5-20(25)15-33/h3-6,13-14,16-17,19,21-22,42H,7-12,18H2,1-2H3,(H2,34,40)(H,36,41)/t21-,22-. The Balaban J connectivity index is 1.11. The van der Waals surface area contributed by atoms with Gasteiger partial charge in [0.2, 0.25) is 5.88 Å². The van der Waals surface area contributed by atoms with E-state index in [1.807, 2.05) is 12.1 Å². The fourth-order valence-corrected chi connectivity index (χ4v) is 5.59. The van der Waals surface area contributed by atoms with Crippen LogP contribution in [0.1, 0.15) is 90.3 Å². The number of fused-ring (bicyclic) bond motifs is 1. The molecule has 6 rings (SSSR count). The molecule has 0 radical (unpaired) electrons. The third-order valence-corrected chi connectivity index (χ3v) is 7.97. The van der Waals surface area contributed by atoms with E-state index in [9.17, 15) is 20.0 Å². The number of rotatable bonds is 10. The number of hydrogen-bond acceptors (Lipinski definition) is 8. The Morgan fingerprint density at radius 3 is 2.55 bits per heavy atom. The predicted octanol–water partition coefficient (Wildman–Crippen LogP) is 3.64. The molecule has 1 aromatic carbocycles. The van der Waals surface area contributed by atoms with Crippen molar-refractivity contribution in [3.05, 3.63) is 71.2 Å². The second kappa shape index (κ2) is 11.7. The number of nitrogens with zero attached hydrogens (tertiary/aromatic N) is 5. The molecule has 0 aliphatic heterocycles. The van der Waals surface area contributed by atoms with E-state index in [2.05, 4.69) is 21.6 Å². The van der Waals surface area contributed by atoms with Gasteiger partial charge in [-0.15, -0.1) is 5.10 Å². The van der Waals surface area contributed by atoms with E-state index in [0.717, 1.165) is 18.5 Å². The number of amides is 2. The molecule has 2 aliphatic carbocycles. The molecule has 4 N–H and O–H groups in total. The van der Waals surface area contributed by atoms with Crippen molar-refractivity contribution in [1.29, 1.82) is 5.26 Å². The molecule has 0 atom stereocenters. The zero-order valence-electron chi connectivity index (χ0n) is 24.7. The van der Waals surface area contributed by atoms with Crippen LogP contribution in [-0.2, 0) is 0 Å². The Morgan fingerprint density at radius 1 is 1.11 bits per heavy atom. The highest BCUT2D eigenvalue weighted by molar-refractivity contribution is 6.01. The summed E-state index contributed by atoms with van der Waals surface area (Å²) in [5.74, 6) is 0.248. The third kappa shape index (κ3) is 6.09. The lowest BCUT2D eigenvalue weighted by atomic mass is 9.92. The zero-order valence-corrected chi connectivity index (χ0v) is 24.7. The van der Waals surface area contributed by atoms with Crippen molar-refractivity contribution in [2.75, 3.05) is 6.61 Å². The van der Waals surface area contributed by atoms with Gasteiger partial charge in [0.05, 0.1) is 39.8 Å². The average molecular weight is 598 g/mol. The number of ether oxygens (including phenoxy) is 2. The van der Waals surface area contributed by atoms with E-state index in [4.69, 9.17) is 15.2 Å². The second-order valence-corrected chi connectivity index (χ2v) is 12.2. The number of hydrogen-bond donors (Lipinski definition) is 3. The largest absolute Gasteiger partial charge is 0.489 e. The molecule has 0 bridgehead atoms. The topological polar surface area (TPSA) is 170 Å². The highest BCUT2D eigenvalue weighted by atomic mass is 16.5. The molecule has 44 heavy (non-hydrogen) atoms. The Morgan fingerprint density at radius 2 is 1.86 bits per heavy atom. The molecule has 2 saturated carbocycles. The van der Waals surface area contributed by atoms with E-state index in [1.54, 1.807) is 48.8 Å². The number of aliphatic hydroxyl groups is 1. The Kier molecular flexibility index (Phi) is 7.73. The molecule has 2 aliphatic rings. The van der Waals surface area contributed by atoms with Crippen molar-refractivity contribution in [3.8, 4) is 23.4 Å². The lowest BCUT2D eigenvalue weighted by Crippen LogP contribution is -2.39. The first-order chi connectivity index (χ1) is 21.1. The molecule has 2 fully saturated rings. The van der Waals surface area contributed by atoms with Gasteiger partial charge in [-0.1, -0.05) is 12.1 Å². The normalized spacial score (nSPS) is 18.5. The van der Waals surface area contributed by atoms with Gasteiger partial charge in [-0.2, -0.15) is 10.4 Å². The number of primary amides is 1. The molecular formula is C32H35N7O5. The summed E-state index contributed by atoms with van der Waals surface area (Å²) in [7, 11) is 0. The summed E-state index contributed by atoms with van der Waals surface area (Å²) in [5.41, 5.74) is 7.84. The van der Waals surface area contributed by atoms with Crippen LogP contribution in [0.25, 0.3) is 11.2 Å². The Bertz CT molecular complexity index is 1750. The van der Waals surface area contributed by atoms with Gasteiger partial charge in [0.25, 0.3) is 11.8 Å². The number of carbonyl (C=O) groups is 2. The molecule has 3 heterocycles. The van der Waals surface area contributed by atoms with Gasteiger partial charge < -0.3 is 25.6 Å². The van der Waals surface area contributed by atoms with Crippen LogP contribution in [0.5, 0.6) is 11.6 Å². The molecule has 228 valence electrons. The van der Waals surface area contributed by atoms with Gasteiger partial charge >= 0.3 is 0 Å². The third-order valence-electron chi connectivity index (χ3n) is 7.97. The van der Waals surface area contributed by atoms with Crippen LogP contribution in [0.15, 0.2) is 48.8 Å². The summed E-state index contributed by atoms with van der Waals surface area (Å²) in [4.78, 5) is 25.5. The van der Waals surface area contributed by atoms with Gasteiger partial charge in [0, 0.05) is 18.2 Å². The Labute approximate surface area is 254 Å². The van der Waals surface area contributed by atoms with Crippen molar-refractivity contribution in [3.63, 3.8) is 0 Å². The summed E-state index contributed by atoms with van der Waals surface area (Å²) < 4.78 is 15.3. The van der Waals surface area contributed by atoms with E-state index in [0.29, 0.717) is 59.7 Å². The van der Waals surface area contributed by atoms with Gasteiger partial charge in [0.15, 0.2) is 0 Å². The fraction of sp³-hybridized carbons (Fsp3) is 0.406. The van der Waals surface area contributed by atoms with Gasteiger partial charge in [-0.25, -0.2) is 9.20 Å². The van der Waals surface area contributed by atoms with Crippen LogP contribution in [0.4, 0.5) is 0 Å². The van der Waals surface area contributed by atoms with Crippen LogP contribution in [0.2, 0.25) is 0 Å². The number of nitrogens with one attached hydrogen (secondary N) is 1. The van der Waals surface area contributed by atoms with E-state index >= 15 is 0 Å². The minimum Gasteiger partial charge on any atom is -0.489 e. The summed E-state index contributed by atoms with van der Waals surface area (Å²) in [5, 5.41) is 31.7. The minimum absolute atomic E-state index is 0.0507. The Hall–Kier alpha value is -4.89. The van der Waals surface area contributed by atoms with Crippen LogP contribution >= 0.6 is 0 Å². The maximum absolute atomic E-state index is 13.4. The van der Waals surface area contributed by atoms with E-state index < -0.39 is 11.5 Å². The number of pyridine rings is 1. The SMILES string of the molecule is CC(C)(O)COc1ccc2c(C(=O)N[C@H]3CC[C@H](Oc4nn(-c5ccccc5C#N)cc4C(N)=O)CC3)cnn2c1C1CC1. The van der Waals surface area contributed by atoms with Gasteiger partial charge in [0.1, 0.15) is 30.1 Å². The van der Waals surface area contributed by atoms with Crippen LogP contribution < -0.4 is 20.5 Å². The van der Waals surface area contributed by atoms with Crippen molar-refractivity contribution in [2.45, 2.75) is 76.0 Å². The number of nitriles is 1. The van der Waals surface area contributed by atoms with Gasteiger partial charge in [-0.3, -0.25) is 9.59 Å². The fourth-order valence-electron chi connectivity index (χ4n) is 5.59. The van der Waals surface area contributed by atoms with Crippen molar-refractivity contribution in [2.24, 2.45) is 5.73 Å². The lowest BCUT2D eigenvalue weighted by Gasteiger charge is -2.29. The predicted molar refractivity (Wildman–Crippen MR) is 160 cm³/mol. The molecule has 0 spiro atoms. The molecule has 12 heteroatoms.